The van der Waals surface area contributed by atoms with E-state index in [4.69, 9.17) is 0 Å². The van der Waals surface area contributed by atoms with E-state index >= 15 is 0 Å². The molecule has 0 bridgehead atoms. The molecule has 0 radical (unpaired) electrons. The number of allylic oxidation sites excluding steroid dienone is 4. The summed E-state index contributed by atoms with van der Waals surface area (Å²) < 4.78 is 0. The molecular formula is C33H34N2. The van der Waals surface area contributed by atoms with Crippen LogP contribution < -0.4 is 21.1 Å². The van der Waals surface area contributed by atoms with Crippen molar-refractivity contribution in [3.05, 3.63) is 124 Å². The van der Waals surface area contributed by atoms with Crippen LogP contribution in [-0.4, -0.2) is 0 Å². The van der Waals surface area contributed by atoms with Crippen molar-refractivity contribution in [3.8, 4) is 11.1 Å². The van der Waals surface area contributed by atoms with Crippen molar-refractivity contribution in [1.82, 2.24) is 5.32 Å². The highest BCUT2D eigenvalue weighted by Gasteiger charge is 2.25. The van der Waals surface area contributed by atoms with Crippen LogP contribution in [0.5, 0.6) is 0 Å². The van der Waals surface area contributed by atoms with Crippen LogP contribution in [0.1, 0.15) is 43.4 Å². The highest BCUT2D eigenvalue weighted by molar-refractivity contribution is 5.77. The largest absolute Gasteiger partial charge is 0.381 e. The Morgan fingerprint density at radius 1 is 0.800 bits per heavy atom. The first-order valence-electron chi connectivity index (χ1n) is 12.6. The van der Waals surface area contributed by atoms with Crippen LogP contribution in [0.2, 0.25) is 0 Å². The van der Waals surface area contributed by atoms with Crippen molar-refractivity contribution in [2.24, 2.45) is 0 Å². The van der Waals surface area contributed by atoms with Crippen LogP contribution in [0.4, 0.5) is 5.69 Å². The van der Waals surface area contributed by atoms with Crippen LogP contribution in [-0.2, 0) is 18.4 Å². The van der Waals surface area contributed by atoms with Gasteiger partial charge in [0.2, 0.25) is 0 Å². The van der Waals surface area contributed by atoms with E-state index in [0.717, 1.165) is 13.0 Å². The van der Waals surface area contributed by atoms with E-state index in [-0.39, 0.29) is 5.41 Å². The monoisotopic (exact) mass is 458 g/mol. The van der Waals surface area contributed by atoms with Gasteiger partial charge in [0.15, 0.2) is 0 Å². The fourth-order valence-corrected chi connectivity index (χ4v) is 5.15. The lowest BCUT2D eigenvalue weighted by atomic mass is 9.74. The van der Waals surface area contributed by atoms with Gasteiger partial charge in [0.1, 0.15) is 0 Å². The van der Waals surface area contributed by atoms with Gasteiger partial charge >= 0.3 is 0 Å². The number of nitrogens with one attached hydrogen (secondary N) is 2. The van der Waals surface area contributed by atoms with Crippen molar-refractivity contribution < 1.29 is 0 Å². The van der Waals surface area contributed by atoms with E-state index in [1.807, 2.05) is 36.7 Å². The summed E-state index contributed by atoms with van der Waals surface area (Å²) >= 11 is 0. The van der Waals surface area contributed by atoms with E-state index in [0.29, 0.717) is 0 Å². The van der Waals surface area contributed by atoms with Gasteiger partial charge in [-0.3, -0.25) is 0 Å². The summed E-state index contributed by atoms with van der Waals surface area (Å²) in [6, 6.07) is 22.2. The second-order valence-electron chi connectivity index (χ2n) is 10.0. The third kappa shape index (κ3) is 5.17. The minimum Gasteiger partial charge on any atom is -0.381 e. The number of benzene rings is 3. The second kappa shape index (κ2) is 10.2. The number of anilines is 1. The molecule has 176 valence electrons. The molecule has 3 aromatic carbocycles. The molecule has 0 atom stereocenters. The SMILES string of the molecule is C1=CC=CNC=C1.CC1(C)CCC=c2c1ccc1c2=CCc2ccc(NCc3ccccc3)cc2-1. The van der Waals surface area contributed by atoms with Crippen molar-refractivity contribution in [3.63, 3.8) is 0 Å². The average molecular weight is 459 g/mol. The van der Waals surface area contributed by atoms with Crippen LogP contribution in [0.25, 0.3) is 23.3 Å². The predicted molar refractivity (Wildman–Crippen MR) is 150 cm³/mol. The molecule has 2 aliphatic carbocycles. The molecule has 35 heavy (non-hydrogen) atoms. The molecule has 0 fully saturated rings. The van der Waals surface area contributed by atoms with Crippen molar-refractivity contribution in [1.29, 1.82) is 0 Å². The summed E-state index contributed by atoms with van der Waals surface area (Å²) in [5.74, 6) is 0. The Morgan fingerprint density at radius 2 is 1.60 bits per heavy atom. The Hall–Kier alpha value is -3.78. The van der Waals surface area contributed by atoms with Crippen molar-refractivity contribution in [2.75, 3.05) is 5.32 Å². The first-order chi connectivity index (χ1) is 17.1. The summed E-state index contributed by atoms with van der Waals surface area (Å²) in [6.45, 7) is 5.62. The van der Waals surface area contributed by atoms with Gasteiger partial charge in [-0.05, 0) is 87.2 Å². The molecule has 2 heteroatoms. The molecule has 1 aliphatic heterocycles. The molecule has 0 unspecified atom stereocenters. The first kappa shape index (κ1) is 23.0. The van der Waals surface area contributed by atoms with Crippen LogP contribution in [0, 0.1) is 0 Å². The Kier molecular flexibility index (Phi) is 6.72. The maximum Gasteiger partial charge on any atom is 0.0400 e. The molecule has 2 nitrogen and oxygen atoms in total. The summed E-state index contributed by atoms with van der Waals surface area (Å²) in [5, 5.41) is 9.44. The molecule has 0 saturated carbocycles. The molecule has 3 aliphatic rings. The zero-order valence-electron chi connectivity index (χ0n) is 20.7. The Labute approximate surface area is 209 Å². The van der Waals surface area contributed by atoms with Crippen molar-refractivity contribution >= 4 is 17.8 Å². The van der Waals surface area contributed by atoms with Gasteiger partial charge in [-0.25, -0.2) is 0 Å². The van der Waals surface area contributed by atoms with Gasteiger partial charge in [0.25, 0.3) is 0 Å². The van der Waals surface area contributed by atoms with Gasteiger partial charge in [-0.2, -0.15) is 0 Å². The maximum absolute atomic E-state index is 3.60. The van der Waals surface area contributed by atoms with E-state index < -0.39 is 0 Å². The molecule has 6 rings (SSSR count). The number of rotatable bonds is 3. The summed E-state index contributed by atoms with van der Waals surface area (Å²) in [4.78, 5) is 0. The molecule has 0 spiro atoms. The number of fused-ring (bicyclic) bond motifs is 5. The minimum absolute atomic E-state index is 0.270. The fourth-order valence-electron chi connectivity index (χ4n) is 5.15. The smallest absolute Gasteiger partial charge is 0.0400 e. The zero-order chi connectivity index (χ0) is 24.1. The minimum atomic E-state index is 0.270. The third-order valence-electron chi connectivity index (χ3n) is 7.12. The first-order valence-corrected chi connectivity index (χ1v) is 12.6. The highest BCUT2D eigenvalue weighted by Crippen LogP contribution is 2.32. The average Bonchev–Trinajstić information content (AvgIpc) is 3.21. The van der Waals surface area contributed by atoms with E-state index in [2.05, 4.69) is 97.3 Å². The fraction of sp³-hybridized carbons (Fsp3) is 0.212. The van der Waals surface area contributed by atoms with Gasteiger partial charge in [-0.1, -0.05) is 86.7 Å². The number of hydrogen-bond donors (Lipinski definition) is 2. The summed E-state index contributed by atoms with van der Waals surface area (Å²) in [6.07, 6.45) is 19.9. The molecule has 0 aromatic heterocycles. The standard InChI is InChI=1S/C27H27N.C6H7N/c1-27(2)16-6-9-24-22-13-11-20-10-12-21(28-18-19-7-4-3-5-8-19)17-25(20)23(22)14-15-26(24)27;1-2-4-6-7-5-3-1/h3-5,7-10,12-15,17,28H,6,11,16,18H2,1-2H3;1-7H. The third-order valence-corrected chi connectivity index (χ3v) is 7.12. The molecule has 0 amide bonds. The lowest BCUT2D eigenvalue weighted by Crippen LogP contribution is -2.40. The lowest BCUT2D eigenvalue weighted by Gasteiger charge is -2.30. The summed E-state index contributed by atoms with van der Waals surface area (Å²) in [7, 11) is 0. The van der Waals surface area contributed by atoms with E-state index in [9.17, 15) is 0 Å². The van der Waals surface area contributed by atoms with Gasteiger partial charge in [0, 0.05) is 24.6 Å². The van der Waals surface area contributed by atoms with Crippen LogP contribution >= 0.6 is 0 Å². The molecule has 2 N–H and O–H groups in total. The van der Waals surface area contributed by atoms with Gasteiger partial charge in [-0.15, -0.1) is 0 Å². The number of hydrogen-bond acceptors (Lipinski definition) is 2. The van der Waals surface area contributed by atoms with Crippen LogP contribution in [0.3, 0.4) is 0 Å². The Morgan fingerprint density at radius 3 is 2.40 bits per heavy atom. The zero-order valence-corrected chi connectivity index (χ0v) is 20.7. The van der Waals surface area contributed by atoms with Crippen molar-refractivity contribution in [2.45, 2.75) is 45.1 Å². The quantitative estimate of drug-likeness (QED) is 0.479. The topological polar surface area (TPSA) is 24.1 Å². The molecule has 1 heterocycles. The molecular weight excluding hydrogens is 424 g/mol. The highest BCUT2D eigenvalue weighted by atomic mass is 14.9. The van der Waals surface area contributed by atoms with Gasteiger partial charge in [0.05, 0.1) is 0 Å². The second-order valence-corrected chi connectivity index (χ2v) is 10.0. The maximum atomic E-state index is 3.60. The Balaban J connectivity index is 0.000000313. The Bertz CT molecular complexity index is 1390. The van der Waals surface area contributed by atoms with Crippen LogP contribution in [0.15, 0.2) is 97.4 Å². The summed E-state index contributed by atoms with van der Waals surface area (Å²) in [5.41, 5.74) is 8.47. The van der Waals surface area contributed by atoms with E-state index in [1.54, 1.807) is 0 Å². The van der Waals surface area contributed by atoms with Gasteiger partial charge < -0.3 is 10.6 Å². The molecule has 3 aromatic rings. The van der Waals surface area contributed by atoms with E-state index in [1.165, 1.54) is 56.8 Å². The normalized spacial score (nSPS) is 16.1. The lowest BCUT2D eigenvalue weighted by molar-refractivity contribution is 0.477. The molecule has 0 saturated heterocycles. The predicted octanol–water partition coefficient (Wildman–Crippen LogP) is 6.33.